The van der Waals surface area contributed by atoms with Crippen molar-refractivity contribution >= 4 is 11.9 Å². The van der Waals surface area contributed by atoms with E-state index in [9.17, 15) is 19.8 Å². The van der Waals surface area contributed by atoms with Crippen LogP contribution < -0.4 is 10.2 Å². The summed E-state index contributed by atoms with van der Waals surface area (Å²) in [5.74, 6) is -2.45. The summed E-state index contributed by atoms with van der Waals surface area (Å²) in [5.41, 5.74) is 0. The van der Waals surface area contributed by atoms with E-state index in [2.05, 4.69) is 0 Å². The SMILES string of the molecule is O=C([O-])CCCC(=O)[O-].[Pt+2]. The average molecular weight is 325 g/mol. The van der Waals surface area contributed by atoms with Gasteiger partial charge in [0.1, 0.15) is 0 Å². The summed E-state index contributed by atoms with van der Waals surface area (Å²) in [6, 6.07) is 0. The van der Waals surface area contributed by atoms with Crippen LogP contribution in [0.4, 0.5) is 0 Å². The van der Waals surface area contributed by atoms with Crippen LogP contribution in [0.3, 0.4) is 0 Å². The summed E-state index contributed by atoms with van der Waals surface area (Å²) in [4.78, 5) is 19.3. The van der Waals surface area contributed by atoms with Crippen LogP contribution >= 0.6 is 0 Å². The Labute approximate surface area is 72.5 Å². The first-order valence-corrected chi connectivity index (χ1v) is 2.52. The van der Waals surface area contributed by atoms with E-state index in [-0.39, 0.29) is 40.3 Å². The van der Waals surface area contributed by atoms with Crippen molar-refractivity contribution in [2.75, 3.05) is 0 Å². The van der Waals surface area contributed by atoms with Crippen molar-refractivity contribution in [1.29, 1.82) is 0 Å². The molecule has 0 radical (unpaired) electrons. The molecule has 0 unspecified atom stereocenters. The molecule has 4 nitrogen and oxygen atoms in total. The van der Waals surface area contributed by atoms with Gasteiger partial charge in [-0.15, -0.1) is 0 Å². The van der Waals surface area contributed by atoms with Crippen molar-refractivity contribution in [3.05, 3.63) is 0 Å². The van der Waals surface area contributed by atoms with E-state index in [0.29, 0.717) is 0 Å². The summed E-state index contributed by atoms with van der Waals surface area (Å²) >= 11 is 0. The van der Waals surface area contributed by atoms with Gasteiger partial charge in [0.2, 0.25) is 0 Å². The van der Waals surface area contributed by atoms with Crippen LogP contribution in [-0.4, -0.2) is 11.9 Å². The zero-order valence-corrected chi connectivity index (χ0v) is 7.34. The van der Waals surface area contributed by atoms with Crippen molar-refractivity contribution in [2.45, 2.75) is 19.3 Å². The summed E-state index contributed by atoms with van der Waals surface area (Å²) in [7, 11) is 0. The predicted molar refractivity (Wildman–Crippen MR) is 23.9 cm³/mol. The first-order chi connectivity index (χ1) is 4.13. The van der Waals surface area contributed by atoms with Gasteiger partial charge in [0.15, 0.2) is 0 Å². The molecule has 0 N–H and O–H groups in total. The van der Waals surface area contributed by atoms with Crippen molar-refractivity contribution < 1.29 is 40.9 Å². The summed E-state index contributed by atoms with van der Waals surface area (Å²) < 4.78 is 0. The van der Waals surface area contributed by atoms with Gasteiger partial charge < -0.3 is 19.8 Å². The minimum absolute atomic E-state index is 0. The van der Waals surface area contributed by atoms with Gasteiger partial charge >= 0.3 is 21.1 Å². The number of hydrogen-bond acceptors (Lipinski definition) is 4. The fourth-order valence-corrected chi connectivity index (χ4v) is 0.377. The molecule has 0 saturated heterocycles. The standard InChI is InChI=1S/C5H8O4.Pt/c6-4(7)2-1-3-5(8)9;/h1-3H2,(H,6,7)(H,8,9);/q;+2/p-2. The fraction of sp³-hybridized carbons (Fsp3) is 0.600. The molecule has 0 spiro atoms. The molecule has 0 atom stereocenters. The average Bonchev–Trinajstić information content (AvgIpc) is 1.63. The molecule has 0 aliphatic carbocycles. The van der Waals surface area contributed by atoms with E-state index in [1.54, 1.807) is 0 Å². The van der Waals surface area contributed by atoms with Gasteiger partial charge in [-0.2, -0.15) is 0 Å². The summed E-state index contributed by atoms with van der Waals surface area (Å²) in [5, 5.41) is 19.3. The molecule has 0 aliphatic rings. The van der Waals surface area contributed by atoms with Crippen molar-refractivity contribution in [3.63, 3.8) is 0 Å². The number of rotatable bonds is 4. The molecule has 0 bridgehead atoms. The number of carbonyl (C=O) groups excluding carboxylic acids is 2. The van der Waals surface area contributed by atoms with Gasteiger partial charge in [-0.1, -0.05) is 0 Å². The van der Waals surface area contributed by atoms with Gasteiger partial charge in [-0.25, -0.2) is 0 Å². The molecular weight excluding hydrogens is 319 g/mol. The molecule has 0 aromatic carbocycles. The van der Waals surface area contributed by atoms with Crippen molar-refractivity contribution in [2.24, 2.45) is 0 Å². The first kappa shape index (κ1) is 12.3. The molecule has 0 rings (SSSR count). The fourth-order valence-electron chi connectivity index (χ4n) is 0.377. The van der Waals surface area contributed by atoms with E-state index < -0.39 is 11.9 Å². The Hall–Kier alpha value is -0.372. The Kier molecular flexibility index (Phi) is 8.31. The van der Waals surface area contributed by atoms with Crippen LogP contribution in [0, 0.1) is 0 Å². The molecule has 0 saturated carbocycles. The third kappa shape index (κ3) is 10.6. The number of aliphatic carboxylic acids is 2. The molecule has 10 heavy (non-hydrogen) atoms. The molecular formula is C5H6O4Pt. The summed E-state index contributed by atoms with van der Waals surface area (Å²) in [6.45, 7) is 0. The molecule has 60 valence electrons. The second-order valence-electron chi connectivity index (χ2n) is 1.60. The number of carbonyl (C=O) groups is 2. The zero-order valence-electron chi connectivity index (χ0n) is 5.07. The third-order valence-corrected chi connectivity index (χ3v) is 0.762. The van der Waals surface area contributed by atoms with E-state index in [1.807, 2.05) is 0 Å². The molecule has 0 aromatic rings. The van der Waals surface area contributed by atoms with Gasteiger partial charge in [-0.05, 0) is 19.3 Å². The maximum Gasteiger partial charge on any atom is 2.00 e. The minimum atomic E-state index is -1.23. The molecule has 0 fully saturated rings. The Morgan fingerprint density at radius 3 is 1.50 bits per heavy atom. The first-order valence-electron chi connectivity index (χ1n) is 2.52. The topological polar surface area (TPSA) is 80.3 Å². The second kappa shape index (κ2) is 6.74. The minimum Gasteiger partial charge on any atom is -0.550 e. The van der Waals surface area contributed by atoms with E-state index in [0.717, 1.165) is 0 Å². The largest absolute Gasteiger partial charge is 2.00 e. The van der Waals surface area contributed by atoms with E-state index in [4.69, 9.17) is 0 Å². The Balaban J connectivity index is 0. The molecule has 0 amide bonds. The van der Waals surface area contributed by atoms with Crippen LogP contribution in [0.2, 0.25) is 0 Å². The van der Waals surface area contributed by atoms with Gasteiger partial charge in [0.25, 0.3) is 0 Å². The Bertz CT molecular complexity index is 109. The monoisotopic (exact) mass is 325 g/mol. The van der Waals surface area contributed by atoms with Gasteiger partial charge in [-0.3, -0.25) is 0 Å². The zero-order chi connectivity index (χ0) is 7.28. The number of hydrogen-bond donors (Lipinski definition) is 0. The van der Waals surface area contributed by atoms with Gasteiger partial charge in [0.05, 0.1) is 0 Å². The quantitative estimate of drug-likeness (QED) is 0.580. The van der Waals surface area contributed by atoms with Crippen LogP contribution in [-0.2, 0) is 30.7 Å². The van der Waals surface area contributed by atoms with Crippen LogP contribution in [0.25, 0.3) is 0 Å². The Morgan fingerprint density at radius 2 is 1.30 bits per heavy atom. The summed E-state index contributed by atoms with van der Waals surface area (Å²) in [6.07, 6.45) is -0.341. The smallest absolute Gasteiger partial charge is 0.550 e. The van der Waals surface area contributed by atoms with Crippen LogP contribution in [0.1, 0.15) is 19.3 Å². The van der Waals surface area contributed by atoms with Crippen LogP contribution in [0.15, 0.2) is 0 Å². The molecule has 0 heterocycles. The maximum atomic E-state index is 9.66. The van der Waals surface area contributed by atoms with E-state index in [1.165, 1.54) is 0 Å². The predicted octanol–water partition coefficient (Wildman–Crippen LogP) is -2.35. The molecule has 0 aliphatic heterocycles. The normalized spacial score (nSPS) is 8.00. The molecule has 5 heteroatoms. The van der Waals surface area contributed by atoms with E-state index >= 15 is 0 Å². The molecule has 0 aromatic heterocycles. The van der Waals surface area contributed by atoms with Crippen LogP contribution in [0.5, 0.6) is 0 Å². The second-order valence-corrected chi connectivity index (χ2v) is 1.60. The third-order valence-electron chi connectivity index (χ3n) is 0.762. The Morgan fingerprint density at radius 1 is 1.00 bits per heavy atom. The number of carboxylic acid groups (broad SMARTS) is 2. The van der Waals surface area contributed by atoms with Crippen molar-refractivity contribution in [3.8, 4) is 0 Å². The van der Waals surface area contributed by atoms with Gasteiger partial charge in [0, 0.05) is 11.9 Å². The van der Waals surface area contributed by atoms with Crippen molar-refractivity contribution in [1.82, 2.24) is 0 Å². The maximum absolute atomic E-state index is 9.66. The number of carboxylic acids is 2.